The number of benzene rings is 2. The predicted molar refractivity (Wildman–Crippen MR) is 117 cm³/mol. The number of sulfonamides is 1. The van der Waals surface area contributed by atoms with Crippen LogP contribution < -0.4 is 4.74 Å². The largest absolute Gasteiger partial charge is 0.481 e. The highest BCUT2D eigenvalue weighted by Gasteiger charge is 2.32. The molecule has 1 atom stereocenters. The molecule has 1 amide bonds. The molecule has 30 heavy (non-hydrogen) atoms. The quantitative estimate of drug-likeness (QED) is 0.676. The van der Waals surface area contributed by atoms with E-state index in [0.29, 0.717) is 25.3 Å². The number of ether oxygens (including phenoxy) is 1. The minimum atomic E-state index is -3.54. The predicted octanol–water partition coefficient (Wildman–Crippen LogP) is 3.25. The lowest BCUT2D eigenvalue weighted by atomic mass is 10.1. The van der Waals surface area contributed by atoms with Crippen LogP contribution in [0.5, 0.6) is 5.75 Å². The van der Waals surface area contributed by atoms with E-state index in [9.17, 15) is 13.2 Å². The molecule has 2 aromatic carbocycles. The first-order valence-electron chi connectivity index (χ1n) is 10.5. The van der Waals surface area contributed by atoms with Crippen LogP contribution in [0.25, 0.3) is 0 Å². The normalized spacial score (nSPS) is 16.3. The van der Waals surface area contributed by atoms with E-state index >= 15 is 0 Å². The molecule has 0 bridgehead atoms. The molecule has 6 nitrogen and oxygen atoms in total. The van der Waals surface area contributed by atoms with E-state index in [0.717, 1.165) is 12.0 Å². The van der Waals surface area contributed by atoms with E-state index < -0.39 is 16.1 Å². The molecule has 0 radical (unpaired) electrons. The molecule has 1 heterocycles. The zero-order valence-corrected chi connectivity index (χ0v) is 18.7. The summed E-state index contributed by atoms with van der Waals surface area (Å²) < 4.78 is 33.1. The van der Waals surface area contributed by atoms with Gasteiger partial charge in [-0.3, -0.25) is 4.79 Å². The summed E-state index contributed by atoms with van der Waals surface area (Å²) in [5, 5.41) is 0. The van der Waals surface area contributed by atoms with Gasteiger partial charge in [0.05, 0.1) is 4.90 Å². The van der Waals surface area contributed by atoms with Crippen molar-refractivity contribution in [3.63, 3.8) is 0 Å². The van der Waals surface area contributed by atoms with Gasteiger partial charge in [-0.1, -0.05) is 43.7 Å². The number of rotatable bonds is 7. The van der Waals surface area contributed by atoms with Crippen LogP contribution in [0.1, 0.15) is 31.4 Å². The van der Waals surface area contributed by atoms with Gasteiger partial charge in [-0.15, -0.1) is 0 Å². The van der Waals surface area contributed by atoms with Gasteiger partial charge in [0.15, 0.2) is 6.10 Å². The molecule has 0 unspecified atom stereocenters. The summed E-state index contributed by atoms with van der Waals surface area (Å²) in [6.07, 6.45) is 0.931. The second kappa shape index (κ2) is 9.62. The SMILES string of the molecule is CCc1ccc(O[C@@H](CC)C(=O)N2CCN(S(=O)(=O)c3ccc(C)cc3)CC2)cc1. The standard InChI is InChI=1S/C23H30N2O4S/c1-4-19-8-10-20(11-9-19)29-22(5-2)23(26)24-14-16-25(17-15-24)30(27,28)21-12-6-18(3)7-13-21/h6-13,22H,4-5,14-17H2,1-3H3/t22-/m0/s1. The molecule has 1 aliphatic heterocycles. The average molecular weight is 431 g/mol. The van der Waals surface area contributed by atoms with Crippen molar-refractivity contribution in [3.8, 4) is 5.75 Å². The second-order valence-electron chi connectivity index (χ2n) is 7.55. The summed E-state index contributed by atoms with van der Waals surface area (Å²) in [5.41, 5.74) is 2.23. The van der Waals surface area contributed by atoms with Crippen molar-refractivity contribution >= 4 is 15.9 Å². The molecule has 0 spiro atoms. The van der Waals surface area contributed by atoms with Gasteiger partial charge in [0.25, 0.3) is 5.91 Å². The Morgan fingerprint density at radius 3 is 2.10 bits per heavy atom. The highest BCUT2D eigenvalue weighted by molar-refractivity contribution is 7.89. The number of hydrogen-bond donors (Lipinski definition) is 0. The van der Waals surface area contributed by atoms with Crippen molar-refractivity contribution in [2.24, 2.45) is 0 Å². The Morgan fingerprint density at radius 1 is 0.967 bits per heavy atom. The second-order valence-corrected chi connectivity index (χ2v) is 9.49. The first kappa shape index (κ1) is 22.3. The van der Waals surface area contributed by atoms with Gasteiger partial charge in [-0.05, 0) is 49.6 Å². The maximum atomic E-state index is 13.0. The number of hydrogen-bond acceptors (Lipinski definition) is 4. The van der Waals surface area contributed by atoms with E-state index in [2.05, 4.69) is 6.92 Å². The number of piperazine rings is 1. The minimum absolute atomic E-state index is 0.0931. The summed E-state index contributed by atoms with van der Waals surface area (Å²) in [7, 11) is -3.54. The van der Waals surface area contributed by atoms with Crippen LogP contribution in [-0.2, 0) is 21.2 Å². The summed E-state index contributed by atoms with van der Waals surface area (Å²) in [6.45, 7) is 7.21. The molecule has 7 heteroatoms. The lowest BCUT2D eigenvalue weighted by Gasteiger charge is -2.35. The van der Waals surface area contributed by atoms with Crippen LogP contribution >= 0.6 is 0 Å². The fourth-order valence-electron chi connectivity index (χ4n) is 3.49. The van der Waals surface area contributed by atoms with Crippen molar-refractivity contribution in [1.82, 2.24) is 9.21 Å². The Morgan fingerprint density at radius 2 is 1.57 bits per heavy atom. The van der Waals surface area contributed by atoms with Crippen molar-refractivity contribution in [3.05, 3.63) is 59.7 Å². The monoisotopic (exact) mass is 430 g/mol. The molecule has 162 valence electrons. The number of nitrogens with zero attached hydrogens (tertiary/aromatic N) is 2. The number of amides is 1. The number of carbonyl (C=O) groups excluding carboxylic acids is 1. The summed E-state index contributed by atoms with van der Waals surface area (Å²) in [6, 6.07) is 14.6. The first-order valence-corrected chi connectivity index (χ1v) is 11.9. The minimum Gasteiger partial charge on any atom is -0.481 e. The third-order valence-electron chi connectivity index (χ3n) is 5.47. The van der Waals surface area contributed by atoms with E-state index in [1.165, 1.54) is 9.87 Å². The van der Waals surface area contributed by atoms with Gasteiger partial charge in [0, 0.05) is 26.2 Å². The Balaban J connectivity index is 1.61. The third-order valence-corrected chi connectivity index (χ3v) is 7.38. The molecule has 2 aromatic rings. The van der Waals surface area contributed by atoms with Crippen LogP contribution in [0, 0.1) is 6.92 Å². The number of carbonyl (C=O) groups is 1. The molecule has 1 fully saturated rings. The van der Waals surface area contributed by atoms with E-state index in [-0.39, 0.29) is 23.9 Å². The van der Waals surface area contributed by atoms with Crippen LogP contribution in [0.15, 0.2) is 53.4 Å². The van der Waals surface area contributed by atoms with E-state index in [1.807, 2.05) is 38.1 Å². The van der Waals surface area contributed by atoms with Crippen LogP contribution in [0.3, 0.4) is 0 Å². The zero-order chi connectivity index (χ0) is 21.7. The molecular formula is C23H30N2O4S. The summed E-state index contributed by atoms with van der Waals surface area (Å²) in [5.74, 6) is 0.581. The molecule has 1 aliphatic rings. The van der Waals surface area contributed by atoms with Crippen LogP contribution in [0.4, 0.5) is 0 Å². The first-order chi connectivity index (χ1) is 14.3. The zero-order valence-electron chi connectivity index (χ0n) is 17.9. The van der Waals surface area contributed by atoms with Gasteiger partial charge in [0.2, 0.25) is 10.0 Å². The van der Waals surface area contributed by atoms with Crippen LogP contribution in [0.2, 0.25) is 0 Å². The van der Waals surface area contributed by atoms with Gasteiger partial charge in [-0.25, -0.2) is 8.42 Å². The molecule has 0 aliphatic carbocycles. The van der Waals surface area contributed by atoms with E-state index in [4.69, 9.17) is 4.74 Å². The Labute approximate surface area is 179 Å². The lowest BCUT2D eigenvalue weighted by Crippen LogP contribution is -2.53. The molecule has 0 saturated carbocycles. The Kier molecular flexibility index (Phi) is 7.15. The van der Waals surface area contributed by atoms with Gasteiger partial charge >= 0.3 is 0 Å². The lowest BCUT2D eigenvalue weighted by molar-refractivity contribution is -0.140. The molecule has 1 saturated heterocycles. The third kappa shape index (κ3) is 5.02. The summed E-state index contributed by atoms with van der Waals surface area (Å²) >= 11 is 0. The fourth-order valence-corrected chi connectivity index (χ4v) is 4.91. The maximum Gasteiger partial charge on any atom is 0.263 e. The highest BCUT2D eigenvalue weighted by Crippen LogP contribution is 2.20. The topological polar surface area (TPSA) is 66.9 Å². The average Bonchev–Trinajstić information content (AvgIpc) is 2.78. The maximum absolute atomic E-state index is 13.0. The molecule has 0 aromatic heterocycles. The Hall–Kier alpha value is -2.38. The Bertz CT molecular complexity index is 948. The van der Waals surface area contributed by atoms with Crippen LogP contribution in [-0.4, -0.2) is 55.8 Å². The van der Waals surface area contributed by atoms with Gasteiger partial charge in [0.1, 0.15) is 5.75 Å². The van der Waals surface area contributed by atoms with Gasteiger partial charge < -0.3 is 9.64 Å². The van der Waals surface area contributed by atoms with Crippen molar-refractivity contribution in [2.45, 2.75) is 44.6 Å². The molecule has 0 N–H and O–H groups in total. The molecule has 3 rings (SSSR count). The fraction of sp³-hybridized carbons (Fsp3) is 0.435. The highest BCUT2D eigenvalue weighted by atomic mass is 32.2. The molecular weight excluding hydrogens is 400 g/mol. The van der Waals surface area contributed by atoms with Gasteiger partial charge in [-0.2, -0.15) is 4.31 Å². The number of aryl methyl sites for hydroxylation is 2. The van der Waals surface area contributed by atoms with Crippen molar-refractivity contribution in [1.29, 1.82) is 0 Å². The summed E-state index contributed by atoms with van der Waals surface area (Å²) in [4.78, 5) is 14.9. The van der Waals surface area contributed by atoms with Crippen molar-refractivity contribution < 1.29 is 17.9 Å². The smallest absolute Gasteiger partial charge is 0.263 e. The van der Waals surface area contributed by atoms with E-state index in [1.54, 1.807) is 29.2 Å². The van der Waals surface area contributed by atoms with Crippen molar-refractivity contribution in [2.75, 3.05) is 26.2 Å².